The maximum Gasteiger partial charge on any atom is 0.0951 e. The van der Waals surface area contributed by atoms with Gasteiger partial charge in [-0.15, -0.1) is 0 Å². The number of rotatable bonds is 2. The van der Waals surface area contributed by atoms with Gasteiger partial charge in [0, 0.05) is 36.9 Å². The van der Waals surface area contributed by atoms with Crippen molar-refractivity contribution in [3.05, 3.63) is 53.6 Å². The lowest BCUT2D eigenvalue weighted by atomic mass is 9.99. The molecule has 18 heavy (non-hydrogen) atoms. The van der Waals surface area contributed by atoms with Crippen molar-refractivity contribution in [3.63, 3.8) is 0 Å². The largest absolute Gasteiger partial charge is 0.331 e. The maximum atomic E-state index is 4.37. The summed E-state index contributed by atoms with van der Waals surface area (Å²) in [6.45, 7) is 2.21. The lowest BCUT2D eigenvalue weighted by molar-refractivity contribution is 0.404. The zero-order valence-corrected chi connectivity index (χ0v) is 10.3. The van der Waals surface area contributed by atoms with Crippen LogP contribution in [0.5, 0.6) is 0 Å². The molecule has 3 nitrogen and oxygen atoms in total. The van der Waals surface area contributed by atoms with E-state index in [0.717, 1.165) is 25.9 Å². The van der Waals surface area contributed by atoms with Gasteiger partial charge in [0.15, 0.2) is 0 Å². The van der Waals surface area contributed by atoms with Crippen molar-refractivity contribution in [1.82, 2.24) is 14.9 Å². The summed E-state index contributed by atoms with van der Waals surface area (Å²) in [5, 5.41) is 3.34. The molecule has 1 N–H and O–H groups in total. The molecule has 0 unspecified atom stereocenters. The summed E-state index contributed by atoms with van der Waals surface area (Å²) >= 11 is 0. The second-order valence-corrected chi connectivity index (χ2v) is 5.41. The molecule has 2 aromatic rings. The lowest BCUT2D eigenvalue weighted by Gasteiger charge is -2.29. The molecule has 1 fully saturated rings. The first-order valence-electron chi connectivity index (χ1n) is 6.71. The Morgan fingerprint density at radius 2 is 1.83 bits per heavy atom. The first-order valence-corrected chi connectivity index (χ1v) is 6.71. The van der Waals surface area contributed by atoms with Crippen LogP contribution in [0.25, 0.3) is 0 Å². The van der Waals surface area contributed by atoms with E-state index in [1.807, 2.05) is 6.33 Å². The fourth-order valence-electron chi connectivity index (χ4n) is 3.17. The smallest absolute Gasteiger partial charge is 0.0951 e. The predicted molar refractivity (Wildman–Crippen MR) is 70.7 cm³/mol. The highest BCUT2D eigenvalue weighted by molar-refractivity contribution is 5.33. The number of aromatic nitrogens is 2. The Bertz CT molecular complexity index is 544. The molecule has 4 rings (SSSR count). The highest BCUT2D eigenvalue weighted by Crippen LogP contribution is 2.32. The van der Waals surface area contributed by atoms with Crippen LogP contribution in [-0.2, 0) is 12.8 Å². The van der Waals surface area contributed by atoms with Crippen molar-refractivity contribution in [1.29, 1.82) is 0 Å². The molecule has 2 aliphatic rings. The molecule has 92 valence electrons. The summed E-state index contributed by atoms with van der Waals surface area (Å²) in [6, 6.07) is 9.38. The average Bonchev–Trinajstić information content (AvgIpc) is 2.91. The summed E-state index contributed by atoms with van der Waals surface area (Å²) < 4.78 is 2.41. The maximum absolute atomic E-state index is 4.37. The normalized spacial score (nSPS) is 19.8. The van der Waals surface area contributed by atoms with Gasteiger partial charge in [-0.05, 0) is 24.0 Å². The molecule has 0 bridgehead atoms. The van der Waals surface area contributed by atoms with Crippen LogP contribution in [0, 0.1) is 0 Å². The number of nitrogens with zero attached hydrogens (tertiary/aromatic N) is 2. The van der Waals surface area contributed by atoms with Gasteiger partial charge in [-0.25, -0.2) is 4.98 Å². The van der Waals surface area contributed by atoms with E-state index in [-0.39, 0.29) is 0 Å². The number of hydrogen-bond donors (Lipinski definition) is 1. The fraction of sp³-hybridized carbons (Fsp3) is 0.400. The van der Waals surface area contributed by atoms with Gasteiger partial charge >= 0.3 is 0 Å². The molecule has 0 radical (unpaired) electrons. The van der Waals surface area contributed by atoms with Gasteiger partial charge in [0.05, 0.1) is 6.33 Å². The number of fused-ring (bicyclic) bond motifs is 1. The first-order chi connectivity index (χ1) is 8.92. The van der Waals surface area contributed by atoms with Crippen LogP contribution < -0.4 is 5.32 Å². The molecule has 1 aromatic heterocycles. The molecule has 1 aromatic carbocycles. The number of benzene rings is 1. The van der Waals surface area contributed by atoms with Crippen LogP contribution in [0.15, 0.2) is 36.8 Å². The predicted octanol–water partition coefficient (Wildman–Crippen LogP) is 1.91. The van der Waals surface area contributed by atoms with Gasteiger partial charge in [0.2, 0.25) is 0 Å². The minimum atomic E-state index is 0.570. The topological polar surface area (TPSA) is 29.9 Å². The third kappa shape index (κ3) is 1.51. The Kier molecular flexibility index (Phi) is 2.27. The third-order valence-corrected chi connectivity index (χ3v) is 4.32. The second-order valence-electron chi connectivity index (χ2n) is 5.41. The van der Waals surface area contributed by atoms with Crippen molar-refractivity contribution in [2.75, 3.05) is 13.1 Å². The number of imidazole rings is 1. The Hall–Kier alpha value is -1.61. The van der Waals surface area contributed by atoms with Gasteiger partial charge < -0.3 is 9.88 Å². The molecule has 0 amide bonds. The van der Waals surface area contributed by atoms with Crippen LogP contribution in [0.1, 0.15) is 28.8 Å². The highest BCUT2D eigenvalue weighted by Gasteiger charge is 2.28. The number of hydrogen-bond acceptors (Lipinski definition) is 2. The lowest BCUT2D eigenvalue weighted by Crippen LogP contribution is -2.41. The summed E-state index contributed by atoms with van der Waals surface area (Å²) in [5.41, 5.74) is 4.43. The molecule has 1 aliphatic heterocycles. The highest BCUT2D eigenvalue weighted by atomic mass is 15.1. The van der Waals surface area contributed by atoms with Crippen LogP contribution in [0.2, 0.25) is 0 Å². The monoisotopic (exact) mass is 239 g/mol. The van der Waals surface area contributed by atoms with Crippen molar-refractivity contribution in [2.24, 2.45) is 0 Å². The summed E-state index contributed by atoms with van der Waals surface area (Å²) in [7, 11) is 0. The van der Waals surface area contributed by atoms with Gasteiger partial charge in [0.1, 0.15) is 0 Å². The van der Waals surface area contributed by atoms with Gasteiger partial charge in [-0.3, -0.25) is 0 Å². The third-order valence-electron chi connectivity index (χ3n) is 4.32. The van der Waals surface area contributed by atoms with Crippen LogP contribution in [0.4, 0.5) is 0 Å². The molecule has 1 aliphatic carbocycles. The molecule has 3 heteroatoms. The van der Waals surface area contributed by atoms with Crippen molar-refractivity contribution < 1.29 is 0 Å². The van der Waals surface area contributed by atoms with Crippen molar-refractivity contribution in [2.45, 2.75) is 24.8 Å². The molecular formula is C15H17N3. The Balaban J connectivity index is 1.64. The van der Waals surface area contributed by atoms with E-state index in [1.165, 1.54) is 16.8 Å². The number of nitrogens with one attached hydrogen (secondary N) is 1. The van der Waals surface area contributed by atoms with Crippen LogP contribution in [0.3, 0.4) is 0 Å². The van der Waals surface area contributed by atoms with Gasteiger partial charge in [-0.1, -0.05) is 24.3 Å². The second kappa shape index (κ2) is 3.95. The summed E-state index contributed by atoms with van der Waals surface area (Å²) in [6.07, 6.45) is 6.37. The zero-order chi connectivity index (χ0) is 11.9. The van der Waals surface area contributed by atoms with E-state index in [1.54, 1.807) is 0 Å². The van der Waals surface area contributed by atoms with Crippen LogP contribution >= 0.6 is 0 Å². The SMILES string of the molecule is c1ccc2c(c1)CC(n1cncc1C1CNC1)C2. The molecule has 1 saturated heterocycles. The molecule has 0 atom stereocenters. The van der Waals surface area contributed by atoms with E-state index in [2.05, 4.69) is 45.3 Å². The average molecular weight is 239 g/mol. The Labute approximate surface area is 107 Å². The standard InChI is InChI=1S/C15H17N3/c1-2-4-12-6-14(5-11(12)3-1)18-10-17-9-15(18)13-7-16-8-13/h1-4,9-10,13-14,16H,5-8H2. The molecule has 0 saturated carbocycles. The quantitative estimate of drug-likeness (QED) is 0.867. The van der Waals surface area contributed by atoms with Crippen molar-refractivity contribution in [3.8, 4) is 0 Å². The van der Waals surface area contributed by atoms with E-state index in [0.29, 0.717) is 12.0 Å². The summed E-state index contributed by atoms with van der Waals surface area (Å²) in [4.78, 5) is 4.37. The van der Waals surface area contributed by atoms with E-state index in [9.17, 15) is 0 Å². The Morgan fingerprint density at radius 1 is 1.11 bits per heavy atom. The van der Waals surface area contributed by atoms with Gasteiger partial charge in [0.25, 0.3) is 0 Å². The minimum Gasteiger partial charge on any atom is -0.331 e. The molecule has 2 heterocycles. The van der Waals surface area contributed by atoms with Crippen LogP contribution in [-0.4, -0.2) is 22.6 Å². The van der Waals surface area contributed by atoms with Crippen molar-refractivity contribution >= 4 is 0 Å². The zero-order valence-electron chi connectivity index (χ0n) is 10.3. The molecular weight excluding hydrogens is 222 g/mol. The Morgan fingerprint density at radius 3 is 2.44 bits per heavy atom. The summed E-state index contributed by atoms with van der Waals surface area (Å²) in [5.74, 6) is 0.663. The fourth-order valence-corrected chi connectivity index (χ4v) is 3.17. The van der Waals surface area contributed by atoms with Gasteiger partial charge in [-0.2, -0.15) is 0 Å². The van der Waals surface area contributed by atoms with E-state index >= 15 is 0 Å². The minimum absolute atomic E-state index is 0.570. The first kappa shape index (κ1) is 10.3. The van der Waals surface area contributed by atoms with E-state index < -0.39 is 0 Å². The van der Waals surface area contributed by atoms with E-state index in [4.69, 9.17) is 0 Å². The molecule has 0 spiro atoms.